The maximum atomic E-state index is 11.5. The summed E-state index contributed by atoms with van der Waals surface area (Å²) in [5.41, 5.74) is 7.65. The molecule has 1 aromatic rings. The molecule has 0 heterocycles. The van der Waals surface area contributed by atoms with Crippen LogP contribution < -0.4 is 11.1 Å². The van der Waals surface area contributed by atoms with Crippen molar-refractivity contribution >= 4 is 24.0 Å². The van der Waals surface area contributed by atoms with Crippen molar-refractivity contribution in [2.24, 2.45) is 5.73 Å². The fourth-order valence-electron chi connectivity index (χ4n) is 1.29. The number of carbonyl (C=O) groups excluding carboxylic acids is 1. The summed E-state index contributed by atoms with van der Waals surface area (Å²) in [4.78, 5) is 11.5. The minimum atomic E-state index is -0.421. The Labute approximate surface area is 103 Å². The molecule has 0 saturated carbocycles. The van der Waals surface area contributed by atoms with E-state index in [-0.39, 0.29) is 18.3 Å². The number of halogens is 1. The van der Waals surface area contributed by atoms with Gasteiger partial charge >= 0.3 is 0 Å². The lowest BCUT2D eigenvalue weighted by atomic mass is 10.1. The van der Waals surface area contributed by atoms with Gasteiger partial charge in [0.1, 0.15) is 0 Å². The van der Waals surface area contributed by atoms with Gasteiger partial charge in [0.2, 0.25) is 5.91 Å². The molecule has 0 radical (unpaired) electrons. The van der Waals surface area contributed by atoms with Crippen LogP contribution in [0, 0.1) is 0 Å². The fraction of sp³-hybridized carbons (Fsp3) is 0.417. The molecular weight excluding hydrogens is 224 g/mol. The molecule has 90 valence electrons. The average Bonchev–Trinajstić information content (AvgIpc) is 2.28. The van der Waals surface area contributed by atoms with Gasteiger partial charge in [-0.15, -0.1) is 12.4 Å². The summed E-state index contributed by atoms with van der Waals surface area (Å²) in [7, 11) is 0. The maximum absolute atomic E-state index is 11.5. The minimum absolute atomic E-state index is 0. The van der Waals surface area contributed by atoms with E-state index in [1.54, 1.807) is 0 Å². The first-order valence-corrected chi connectivity index (χ1v) is 5.32. The Morgan fingerprint density at radius 3 is 2.69 bits per heavy atom. The topological polar surface area (TPSA) is 55.1 Å². The van der Waals surface area contributed by atoms with Crippen molar-refractivity contribution in [3.63, 3.8) is 0 Å². The summed E-state index contributed by atoms with van der Waals surface area (Å²) in [6.07, 6.45) is 1.61. The van der Waals surface area contributed by atoms with E-state index in [2.05, 4.69) is 12.2 Å². The first-order valence-electron chi connectivity index (χ1n) is 5.32. The number of hydrogen-bond acceptors (Lipinski definition) is 2. The molecule has 0 aromatic heterocycles. The lowest BCUT2D eigenvalue weighted by molar-refractivity contribution is -0.117. The van der Waals surface area contributed by atoms with Gasteiger partial charge in [-0.05, 0) is 30.5 Å². The predicted molar refractivity (Wildman–Crippen MR) is 70.0 cm³/mol. The zero-order valence-electron chi connectivity index (χ0n) is 9.69. The Kier molecular flexibility index (Phi) is 6.77. The van der Waals surface area contributed by atoms with E-state index in [9.17, 15) is 4.79 Å². The van der Waals surface area contributed by atoms with Gasteiger partial charge in [0.25, 0.3) is 0 Å². The molecule has 1 amide bonds. The van der Waals surface area contributed by atoms with Crippen LogP contribution in [0.2, 0.25) is 0 Å². The zero-order valence-corrected chi connectivity index (χ0v) is 10.5. The lowest BCUT2D eigenvalue weighted by Gasteiger charge is -2.10. The van der Waals surface area contributed by atoms with Crippen molar-refractivity contribution in [2.45, 2.75) is 32.7 Å². The molecule has 3 nitrogen and oxygen atoms in total. The van der Waals surface area contributed by atoms with Crippen molar-refractivity contribution in [3.8, 4) is 0 Å². The van der Waals surface area contributed by atoms with Crippen LogP contribution in [-0.2, 0) is 11.2 Å². The van der Waals surface area contributed by atoms with Crippen molar-refractivity contribution in [1.82, 2.24) is 0 Å². The molecule has 0 spiro atoms. The largest absolute Gasteiger partial charge is 0.325 e. The van der Waals surface area contributed by atoms with Crippen molar-refractivity contribution in [2.75, 3.05) is 5.32 Å². The molecule has 0 saturated heterocycles. The van der Waals surface area contributed by atoms with Crippen LogP contribution in [0.25, 0.3) is 0 Å². The molecule has 0 aliphatic heterocycles. The van der Waals surface area contributed by atoms with Crippen LogP contribution in [0.15, 0.2) is 24.3 Å². The van der Waals surface area contributed by atoms with E-state index in [0.717, 1.165) is 12.1 Å². The number of amides is 1. The van der Waals surface area contributed by atoms with Crippen LogP contribution in [0.1, 0.15) is 25.8 Å². The summed E-state index contributed by atoms with van der Waals surface area (Å²) in [5, 5.41) is 2.80. The van der Waals surface area contributed by atoms with Crippen molar-refractivity contribution < 1.29 is 4.79 Å². The van der Waals surface area contributed by atoms with Crippen LogP contribution in [0.4, 0.5) is 5.69 Å². The molecule has 1 atom stereocenters. The quantitative estimate of drug-likeness (QED) is 0.852. The fourth-order valence-corrected chi connectivity index (χ4v) is 1.29. The van der Waals surface area contributed by atoms with Gasteiger partial charge in [-0.25, -0.2) is 0 Å². The van der Waals surface area contributed by atoms with E-state index >= 15 is 0 Å². The van der Waals surface area contributed by atoms with E-state index in [0.29, 0.717) is 6.42 Å². The standard InChI is InChI=1S/C12H18N2O.ClH/c1-3-9-6-5-7-10(8-9)14-12(15)11(13)4-2;/h5-8,11H,3-4,13H2,1-2H3,(H,14,15);1H/t11-;/m0./s1. The number of aryl methyl sites for hydroxylation is 1. The highest BCUT2D eigenvalue weighted by atomic mass is 35.5. The van der Waals surface area contributed by atoms with E-state index < -0.39 is 6.04 Å². The summed E-state index contributed by atoms with van der Waals surface area (Å²) in [6.45, 7) is 3.98. The molecular formula is C12H19ClN2O. The minimum Gasteiger partial charge on any atom is -0.325 e. The van der Waals surface area contributed by atoms with Gasteiger partial charge in [0.05, 0.1) is 6.04 Å². The van der Waals surface area contributed by atoms with Crippen LogP contribution in [0.3, 0.4) is 0 Å². The smallest absolute Gasteiger partial charge is 0.241 e. The maximum Gasteiger partial charge on any atom is 0.241 e. The number of nitrogens with two attached hydrogens (primary N) is 1. The average molecular weight is 243 g/mol. The van der Waals surface area contributed by atoms with Crippen LogP contribution >= 0.6 is 12.4 Å². The van der Waals surface area contributed by atoms with Gasteiger partial charge in [-0.1, -0.05) is 26.0 Å². The molecule has 4 heteroatoms. The number of rotatable bonds is 4. The van der Waals surface area contributed by atoms with E-state index in [1.165, 1.54) is 5.56 Å². The van der Waals surface area contributed by atoms with Crippen molar-refractivity contribution in [3.05, 3.63) is 29.8 Å². The van der Waals surface area contributed by atoms with Gasteiger partial charge in [0.15, 0.2) is 0 Å². The second-order valence-corrected chi connectivity index (χ2v) is 3.56. The van der Waals surface area contributed by atoms with Crippen LogP contribution in [0.5, 0.6) is 0 Å². The summed E-state index contributed by atoms with van der Waals surface area (Å²) < 4.78 is 0. The Morgan fingerprint density at radius 2 is 2.12 bits per heavy atom. The molecule has 1 rings (SSSR count). The van der Waals surface area contributed by atoms with Gasteiger partial charge in [-0.2, -0.15) is 0 Å². The van der Waals surface area contributed by atoms with E-state index in [1.807, 2.05) is 31.2 Å². The second kappa shape index (κ2) is 7.25. The van der Waals surface area contributed by atoms with Crippen LogP contribution in [-0.4, -0.2) is 11.9 Å². The number of nitrogens with one attached hydrogen (secondary N) is 1. The second-order valence-electron chi connectivity index (χ2n) is 3.56. The first-order chi connectivity index (χ1) is 7.17. The monoisotopic (exact) mass is 242 g/mol. The normalized spacial score (nSPS) is 11.4. The SMILES string of the molecule is CCc1cccc(NC(=O)[C@@H](N)CC)c1.Cl. The molecule has 1 aromatic carbocycles. The molecule has 3 N–H and O–H groups in total. The highest BCUT2D eigenvalue weighted by molar-refractivity contribution is 5.94. The third-order valence-electron chi connectivity index (χ3n) is 2.38. The third kappa shape index (κ3) is 4.21. The Morgan fingerprint density at radius 1 is 1.44 bits per heavy atom. The zero-order chi connectivity index (χ0) is 11.3. The number of anilines is 1. The summed E-state index contributed by atoms with van der Waals surface area (Å²) >= 11 is 0. The molecule has 0 aliphatic carbocycles. The van der Waals surface area contributed by atoms with Gasteiger partial charge < -0.3 is 11.1 Å². The highest BCUT2D eigenvalue weighted by Crippen LogP contribution is 2.11. The molecule has 0 unspecified atom stereocenters. The Bertz CT molecular complexity index is 342. The Balaban J connectivity index is 0.00000225. The molecule has 0 fully saturated rings. The third-order valence-corrected chi connectivity index (χ3v) is 2.38. The molecule has 0 bridgehead atoms. The van der Waals surface area contributed by atoms with Gasteiger partial charge in [0, 0.05) is 5.69 Å². The number of hydrogen-bond donors (Lipinski definition) is 2. The Hall–Kier alpha value is -1.06. The first kappa shape index (κ1) is 14.9. The summed E-state index contributed by atoms with van der Waals surface area (Å²) in [6, 6.07) is 7.40. The lowest BCUT2D eigenvalue weighted by Crippen LogP contribution is -2.34. The predicted octanol–water partition coefficient (Wildman–Crippen LogP) is 2.35. The number of carbonyl (C=O) groups is 1. The highest BCUT2D eigenvalue weighted by Gasteiger charge is 2.10. The van der Waals surface area contributed by atoms with Crippen molar-refractivity contribution in [1.29, 1.82) is 0 Å². The summed E-state index contributed by atoms with van der Waals surface area (Å²) in [5.74, 6) is -0.120. The van der Waals surface area contributed by atoms with E-state index in [4.69, 9.17) is 5.73 Å². The molecule has 0 aliphatic rings. The molecule has 16 heavy (non-hydrogen) atoms. The van der Waals surface area contributed by atoms with Gasteiger partial charge in [-0.3, -0.25) is 4.79 Å². The number of benzene rings is 1.